The van der Waals surface area contributed by atoms with Crippen LogP contribution in [0, 0.1) is 5.92 Å². The fourth-order valence-corrected chi connectivity index (χ4v) is 3.36. The van der Waals surface area contributed by atoms with E-state index >= 15 is 0 Å². The molecule has 0 aliphatic heterocycles. The van der Waals surface area contributed by atoms with Crippen LogP contribution in [0.2, 0.25) is 0 Å². The van der Waals surface area contributed by atoms with E-state index in [1.165, 1.54) is 22.5 Å². The summed E-state index contributed by atoms with van der Waals surface area (Å²) in [7, 11) is 0. The summed E-state index contributed by atoms with van der Waals surface area (Å²) >= 11 is 1.35. The second kappa shape index (κ2) is 8.64. The van der Waals surface area contributed by atoms with Crippen LogP contribution >= 0.6 is 11.3 Å². The summed E-state index contributed by atoms with van der Waals surface area (Å²) < 4.78 is 5.18. The Morgan fingerprint density at radius 1 is 1.19 bits per heavy atom. The number of aromatic nitrogens is 1. The van der Waals surface area contributed by atoms with Crippen LogP contribution in [-0.4, -0.2) is 34.8 Å². The molecule has 0 aliphatic carbocycles. The summed E-state index contributed by atoms with van der Waals surface area (Å²) in [6, 6.07) is 13.0. The lowest BCUT2D eigenvalue weighted by atomic mass is 10.2. The third-order valence-corrected chi connectivity index (χ3v) is 4.52. The summed E-state index contributed by atoms with van der Waals surface area (Å²) in [4.78, 5) is 31.0. The predicted molar refractivity (Wildman–Crippen MR) is 106 cm³/mol. The second-order valence-electron chi connectivity index (χ2n) is 6.51. The molecular formula is C20H21N3O3S. The number of hydrogen-bond acceptors (Lipinski definition) is 5. The SMILES string of the molecule is CC(C)CN(CC(=O)Nc1nc(-c2ccccc2)cs1)C(=O)c1ccco1. The van der Waals surface area contributed by atoms with Crippen molar-refractivity contribution in [2.24, 2.45) is 5.92 Å². The van der Waals surface area contributed by atoms with Gasteiger partial charge < -0.3 is 14.6 Å². The number of anilines is 1. The normalized spacial score (nSPS) is 10.8. The topological polar surface area (TPSA) is 75.4 Å². The van der Waals surface area contributed by atoms with Crippen LogP contribution in [0.25, 0.3) is 11.3 Å². The third kappa shape index (κ3) is 5.04. The molecule has 3 aromatic rings. The zero-order chi connectivity index (χ0) is 19.2. The Bertz CT molecular complexity index is 888. The summed E-state index contributed by atoms with van der Waals surface area (Å²) in [5, 5.41) is 5.18. The lowest BCUT2D eigenvalue weighted by molar-refractivity contribution is -0.117. The van der Waals surface area contributed by atoms with Crippen LogP contribution in [0.5, 0.6) is 0 Å². The van der Waals surface area contributed by atoms with E-state index < -0.39 is 0 Å². The van der Waals surface area contributed by atoms with Crippen molar-refractivity contribution in [3.63, 3.8) is 0 Å². The van der Waals surface area contributed by atoms with E-state index in [1.807, 2.05) is 49.6 Å². The molecule has 2 heterocycles. The Balaban J connectivity index is 1.66. The molecule has 0 fully saturated rings. The number of nitrogens with one attached hydrogen (secondary N) is 1. The van der Waals surface area contributed by atoms with Crippen molar-refractivity contribution in [1.29, 1.82) is 0 Å². The lowest BCUT2D eigenvalue weighted by Crippen LogP contribution is -2.40. The highest BCUT2D eigenvalue weighted by Crippen LogP contribution is 2.24. The number of amides is 2. The molecule has 6 nitrogen and oxygen atoms in total. The summed E-state index contributed by atoms with van der Waals surface area (Å²) in [5.74, 6) is -0.136. The maximum Gasteiger partial charge on any atom is 0.290 e. The summed E-state index contributed by atoms with van der Waals surface area (Å²) in [5.41, 5.74) is 1.80. The minimum atomic E-state index is -0.298. The summed E-state index contributed by atoms with van der Waals surface area (Å²) in [6.45, 7) is 4.39. The number of carbonyl (C=O) groups excluding carboxylic acids is 2. The Morgan fingerprint density at radius 2 is 1.96 bits per heavy atom. The van der Waals surface area contributed by atoms with E-state index in [4.69, 9.17) is 4.42 Å². The van der Waals surface area contributed by atoms with E-state index in [0.29, 0.717) is 11.7 Å². The van der Waals surface area contributed by atoms with Gasteiger partial charge in [-0.2, -0.15) is 0 Å². The first-order valence-corrected chi connectivity index (χ1v) is 9.54. The fourth-order valence-electron chi connectivity index (χ4n) is 2.62. The third-order valence-electron chi connectivity index (χ3n) is 3.76. The van der Waals surface area contributed by atoms with Gasteiger partial charge in [0.05, 0.1) is 12.0 Å². The van der Waals surface area contributed by atoms with Crippen LogP contribution in [-0.2, 0) is 4.79 Å². The number of carbonyl (C=O) groups is 2. The van der Waals surface area contributed by atoms with E-state index in [0.717, 1.165) is 11.3 Å². The number of thiazole rings is 1. The Labute approximate surface area is 161 Å². The van der Waals surface area contributed by atoms with E-state index in [-0.39, 0.29) is 30.0 Å². The molecule has 0 radical (unpaired) electrons. The first-order valence-electron chi connectivity index (χ1n) is 8.66. The highest BCUT2D eigenvalue weighted by atomic mass is 32.1. The molecule has 0 unspecified atom stereocenters. The van der Waals surface area contributed by atoms with Gasteiger partial charge in [-0.3, -0.25) is 9.59 Å². The Kier molecular flexibility index (Phi) is 6.03. The Morgan fingerprint density at radius 3 is 2.63 bits per heavy atom. The Hall–Kier alpha value is -2.93. The first kappa shape index (κ1) is 18.8. The minimum Gasteiger partial charge on any atom is -0.459 e. The van der Waals surface area contributed by atoms with Crippen molar-refractivity contribution in [1.82, 2.24) is 9.88 Å². The molecule has 0 aliphatic rings. The molecule has 0 spiro atoms. The highest BCUT2D eigenvalue weighted by molar-refractivity contribution is 7.14. The lowest BCUT2D eigenvalue weighted by Gasteiger charge is -2.22. The number of benzene rings is 1. The monoisotopic (exact) mass is 383 g/mol. The van der Waals surface area contributed by atoms with Crippen molar-refractivity contribution in [2.75, 3.05) is 18.4 Å². The molecule has 1 N–H and O–H groups in total. The van der Waals surface area contributed by atoms with Crippen LogP contribution in [0.1, 0.15) is 24.4 Å². The number of rotatable bonds is 7. The molecule has 2 amide bonds. The van der Waals surface area contributed by atoms with E-state index in [9.17, 15) is 9.59 Å². The zero-order valence-corrected chi connectivity index (χ0v) is 16.0. The van der Waals surface area contributed by atoms with Gasteiger partial charge in [0, 0.05) is 17.5 Å². The smallest absolute Gasteiger partial charge is 0.290 e. The van der Waals surface area contributed by atoms with Gasteiger partial charge in [-0.15, -0.1) is 11.3 Å². The van der Waals surface area contributed by atoms with Gasteiger partial charge in [-0.05, 0) is 18.1 Å². The van der Waals surface area contributed by atoms with Crippen LogP contribution in [0.15, 0.2) is 58.5 Å². The van der Waals surface area contributed by atoms with Gasteiger partial charge in [0.25, 0.3) is 5.91 Å². The number of nitrogens with zero attached hydrogens (tertiary/aromatic N) is 2. The minimum absolute atomic E-state index is 0.0576. The van der Waals surface area contributed by atoms with Gasteiger partial charge >= 0.3 is 0 Å². The van der Waals surface area contributed by atoms with Crippen molar-refractivity contribution in [3.05, 3.63) is 59.9 Å². The molecule has 0 saturated carbocycles. The second-order valence-corrected chi connectivity index (χ2v) is 7.37. The zero-order valence-electron chi connectivity index (χ0n) is 15.2. The van der Waals surface area contributed by atoms with Crippen LogP contribution in [0.4, 0.5) is 5.13 Å². The van der Waals surface area contributed by atoms with Gasteiger partial charge in [0.1, 0.15) is 6.54 Å². The maximum atomic E-state index is 12.6. The molecule has 1 aromatic carbocycles. The average molecular weight is 383 g/mol. The maximum absolute atomic E-state index is 12.6. The van der Waals surface area contributed by atoms with Crippen molar-refractivity contribution in [3.8, 4) is 11.3 Å². The van der Waals surface area contributed by atoms with Gasteiger partial charge in [0.2, 0.25) is 5.91 Å². The summed E-state index contributed by atoms with van der Waals surface area (Å²) in [6.07, 6.45) is 1.45. The molecule has 27 heavy (non-hydrogen) atoms. The van der Waals surface area contributed by atoms with Crippen LogP contribution < -0.4 is 5.32 Å². The largest absolute Gasteiger partial charge is 0.459 e. The molecule has 7 heteroatoms. The van der Waals surface area contributed by atoms with Gasteiger partial charge in [-0.1, -0.05) is 44.2 Å². The van der Waals surface area contributed by atoms with Crippen molar-refractivity contribution < 1.29 is 14.0 Å². The van der Waals surface area contributed by atoms with Gasteiger partial charge in [0.15, 0.2) is 10.9 Å². The van der Waals surface area contributed by atoms with E-state index in [2.05, 4.69) is 10.3 Å². The molecular weight excluding hydrogens is 362 g/mol. The van der Waals surface area contributed by atoms with Gasteiger partial charge in [-0.25, -0.2) is 4.98 Å². The quantitative estimate of drug-likeness (QED) is 0.665. The predicted octanol–water partition coefficient (Wildman–Crippen LogP) is 4.14. The fraction of sp³-hybridized carbons (Fsp3) is 0.250. The average Bonchev–Trinajstić information content (AvgIpc) is 3.33. The molecule has 2 aromatic heterocycles. The van der Waals surface area contributed by atoms with E-state index in [1.54, 1.807) is 12.1 Å². The van der Waals surface area contributed by atoms with Crippen molar-refractivity contribution in [2.45, 2.75) is 13.8 Å². The highest BCUT2D eigenvalue weighted by Gasteiger charge is 2.22. The molecule has 3 rings (SSSR count). The molecule has 0 atom stereocenters. The molecule has 0 saturated heterocycles. The first-order chi connectivity index (χ1) is 13.0. The number of furan rings is 1. The standard InChI is InChI=1S/C20H21N3O3S/c1-14(2)11-23(19(25)17-9-6-10-26-17)12-18(24)22-20-21-16(13-27-20)15-7-4-3-5-8-15/h3-10,13-14H,11-12H2,1-2H3,(H,21,22,24). The van der Waals surface area contributed by atoms with Crippen LogP contribution in [0.3, 0.4) is 0 Å². The number of hydrogen-bond donors (Lipinski definition) is 1. The molecule has 140 valence electrons. The van der Waals surface area contributed by atoms with Crippen molar-refractivity contribution >= 4 is 28.3 Å². The molecule has 0 bridgehead atoms.